The first kappa shape index (κ1) is 21.6. The molecule has 1 amide bonds. The standard InChI is InChI=1S/C15H25N3OS.2ClH/c1-11(2)8-14-18-13(10-20-14)15(19)17-7-5-12-4-3-6-16-9-12;;/h10-12,16H,3-9H2,1-2H3,(H,17,19);2*1H. The lowest BCUT2D eigenvalue weighted by Crippen LogP contribution is -2.33. The van der Waals surface area contributed by atoms with Gasteiger partial charge in [0, 0.05) is 18.3 Å². The highest BCUT2D eigenvalue weighted by atomic mass is 35.5. The Morgan fingerprint density at radius 3 is 2.91 bits per heavy atom. The summed E-state index contributed by atoms with van der Waals surface area (Å²) in [5, 5.41) is 9.32. The number of carbonyl (C=O) groups is 1. The monoisotopic (exact) mass is 367 g/mol. The molecule has 0 spiro atoms. The van der Waals surface area contributed by atoms with Gasteiger partial charge in [-0.3, -0.25) is 4.79 Å². The fraction of sp³-hybridized carbons (Fsp3) is 0.733. The Kier molecular flexibility index (Phi) is 11.0. The molecule has 2 N–H and O–H groups in total. The van der Waals surface area contributed by atoms with Crippen LogP contribution in [0, 0.1) is 11.8 Å². The Hall–Kier alpha value is -0.360. The van der Waals surface area contributed by atoms with E-state index in [1.54, 1.807) is 11.3 Å². The van der Waals surface area contributed by atoms with Gasteiger partial charge in [-0.2, -0.15) is 0 Å². The van der Waals surface area contributed by atoms with Gasteiger partial charge in [0.15, 0.2) is 0 Å². The highest BCUT2D eigenvalue weighted by Gasteiger charge is 2.14. The van der Waals surface area contributed by atoms with E-state index in [4.69, 9.17) is 0 Å². The smallest absolute Gasteiger partial charge is 0.270 e. The second-order valence-corrected chi connectivity index (χ2v) is 6.92. The largest absolute Gasteiger partial charge is 0.351 e. The van der Waals surface area contributed by atoms with Crippen LogP contribution in [-0.2, 0) is 6.42 Å². The van der Waals surface area contributed by atoms with E-state index >= 15 is 0 Å². The molecule has 2 heterocycles. The number of amides is 1. The van der Waals surface area contributed by atoms with Crippen LogP contribution in [0.25, 0.3) is 0 Å². The molecule has 1 atom stereocenters. The number of aromatic nitrogens is 1. The van der Waals surface area contributed by atoms with Crippen molar-refractivity contribution in [3.8, 4) is 0 Å². The van der Waals surface area contributed by atoms with E-state index in [-0.39, 0.29) is 30.7 Å². The lowest BCUT2D eigenvalue weighted by Gasteiger charge is -2.22. The molecule has 1 aromatic rings. The average Bonchev–Trinajstić information content (AvgIpc) is 2.87. The number of halogens is 2. The summed E-state index contributed by atoms with van der Waals surface area (Å²) >= 11 is 1.59. The molecule has 1 aliphatic heterocycles. The van der Waals surface area contributed by atoms with Crippen LogP contribution in [0.5, 0.6) is 0 Å². The summed E-state index contributed by atoms with van der Waals surface area (Å²) in [5.74, 6) is 1.26. The number of hydrogen-bond donors (Lipinski definition) is 2. The van der Waals surface area contributed by atoms with Crippen LogP contribution < -0.4 is 10.6 Å². The van der Waals surface area contributed by atoms with Gasteiger partial charge in [0.1, 0.15) is 5.69 Å². The van der Waals surface area contributed by atoms with Crippen molar-refractivity contribution in [3.63, 3.8) is 0 Å². The molecule has 1 unspecified atom stereocenters. The van der Waals surface area contributed by atoms with E-state index in [1.165, 1.54) is 12.8 Å². The van der Waals surface area contributed by atoms with E-state index in [9.17, 15) is 4.79 Å². The number of carbonyl (C=O) groups excluding carboxylic acids is 1. The summed E-state index contributed by atoms with van der Waals surface area (Å²) in [5.41, 5.74) is 0.576. The van der Waals surface area contributed by atoms with Crippen LogP contribution in [0.3, 0.4) is 0 Å². The third kappa shape index (κ3) is 7.27. The molecule has 1 fully saturated rings. The van der Waals surface area contributed by atoms with Crippen LogP contribution >= 0.6 is 36.2 Å². The van der Waals surface area contributed by atoms with Crippen molar-refractivity contribution in [1.29, 1.82) is 0 Å². The third-order valence-electron chi connectivity index (χ3n) is 3.60. The van der Waals surface area contributed by atoms with E-state index in [1.807, 2.05) is 5.38 Å². The van der Waals surface area contributed by atoms with Gasteiger partial charge in [0.05, 0.1) is 5.01 Å². The maximum Gasteiger partial charge on any atom is 0.270 e. The predicted octanol–water partition coefficient (Wildman–Crippen LogP) is 3.30. The van der Waals surface area contributed by atoms with Gasteiger partial charge in [0.25, 0.3) is 5.91 Å². The highest BCUT2D eigenvalue weighted by molar-refractivity contribution is 7.09. The zero-order valence-electron chi connectivity index (χ0n) is 13.3. The summed E-state index contributed by atoms with van der Waals surface area (Å²) in [6.45, 7) is 7.31. The van der Waals surface area contributed by atoms with Crippen LogP contribution in [0.2, 0.25) is 0 Å². The minimum Gasteiger partial charge on any atom is -0.351 e. The third-order valence-corrected chi connectivity index (χ3v) is 4.48. The number of rotatable bonds is 6. The molecular weight excluding hydrogens is 341 g/mol. The normalized spacial score (nSPS) is 17.5. The van der Waals surface area contributed by atoms with Gasteiger partial charge >= 0.3 is 0 Å². The first-order valence-electron chi connectivity index (χ1n) is 7.58. The summed E-state index contributed by atoms with van der Waals surface area (Å²) in [4.78, 5) is 16.4. The first-order chi connectivity index (χ1) is 9.65. The summed E-state index contributed by atoms with van der Waals surface area (Å²) in [6.07, 6.45) is 4.54. The van der Waals surface area contributed by atoms with Crippen molar-refractivity contribution < 1.29 is 4.79 Å². The summed E-state index contributed by atoms with van der Waals surface area (Å²) in [6, 6.07) is 0. The number of nitrogens with one attached hydrogen (secondary N) is 2. The van der Waals surface area contributed by atoms with Crippen molar-refractivity contribution in [3.05, 3.63) is 16.1 Å². The number of piperidine rings is 1. The van der Waals surface area contributed by atoms with E-state index in [0.717, 1.165) is 37.5 Å². The summed E-state index contributed by atoms with van der Waals surface area (Å²) < 4.78 is 0. The molecule has 0 saturated carbocycles. The van der Waals surface area contributed by atoms with E-state index in [0.29, 0.717) is 17.5 Å². The van der Waals surface area contributed by atoms with E-state index in [2.05, 4.69) is 29.5 Å². The van der Waals surface area contributed by atoms with Gasteiger partial charge in [-0.05, 0) is 44.2 Å². The van der Waals surface area contributed by atoms with Crippen LogP contribution in [-0.4, -0.2) is 30.5 Å². The minimum absolute atomic E-state index is 0. The molecular formula is C15H27Cl2N3OS. The average molecular weight is 368 g/mol. The predicted molar refractivity (Wildman–Crippen MR) is 97.7 cm³/mol. The van der Waals surface area contributed by atoms with Crippen LogP contribution in [0.4, 0.5) is 0 Å². The fourth-order valence-electron chi connectivity index (χ4n) is 2.51. The molecule has 1 aliphatic rings. The van der Waals surface area contributed by atoms with Crippen molar-refractivity contribution in [2.24, 2.45) is 11.8 Å². The Balaban J connectivity index is 0.00000220. The number of nitrogens with zero attached hydrogens (tertiary/aromatic N) is 1. The Bertz CT molecular complexity index is 434. The zero-order valence-corrected chi connectivity index (χ0v) is 15.7. The molecule has 4 nitrogen and oxygen atoms in total. The molecule has 1 aromatic heterocycles. The van der Waals surface area contributed by atoms with Crippen LogP contribution in [0.1, 0.15) is 48.6 Å². The molecule has 7 heteroatoms. The minimum atomic E-state index is -0.0278. The van der Waals surface area contributed by atoms with Gasteiger partial charge in [-0.25, -0.2) is 4.98 Å². The molecule has 0 aromatic carbocycles. The highest BCUT2D eigenvalue weighted by Crippen LogP contribution is 2.15. The molecule has 0 aliphatic carbocycles. The van der Waals surface area contributed by atoms with Crippen LogP contribution in [0.15, 0.2) is 5.38 Å². The van der Waals surface area contributed by atoms with Crippen molar-refractivity contribution in [2.75, 3.05) is 19.6 Å². The first-order valence-corrected chi connectivity index (χ1v) is 8.46. The fourth-order valence-corrected chi connectivity index (χ4v) is 3.50. The van der Waals surface area contributed by atoms with Gasteiger partial charge < -0.3 is 10.6 Å². The molecule has 128 valence electrons. The Labute approximate surface area is 149 Å². The maximum absolute atomic E-state index is 12.0. The van der Waals surface area contributed by atoms with Crippen molar-refractivity contribution in [1.82, 2.24) is 15.6 Å². The SMILES string of the molecule is CC(C)Cc1nc(C(=O)NCCC2CCCNC2)cs1.Cl.Cl. The quantitative estimate of drug-likeness (QED) is 0.810. The molecule has 1 saturated heterocycles. The maximum atomic E-state index is 12.0. The zero-order chi connectivity index (χ0) is 14.4. The van der Waals surface area contributed by atoms with Gasteiger partial charge in [0.2, 0.25) is 0 Å². The Morgan fingerprint density at radius 1 is 1.50 bits per heavy atom. The van der Waals surface area contributed by atoms with Crippen molar-refractivity contribution in [2.45, 2.75) is 39.5 Å². The van der Waals surface area contributed by atoms with E-state index < -0.39 is 0 Å². The lowest BCUT2D eigenvalue weighted by molar-refractivity contribution is 0.0946. The number of thiazole rings is 1. The Morgan fingerprint density at radius 2 is 2.27 bits per heavy atom. The lowest BCUT2D eigenvalue weighted by atomic mass is 9.96. The summed E-state index contributed by atoms with van der Waals surface area (Å²) in [7, 11) is 0. The molecule has 2 rings (SSSR count). The topological polar surface area (TPSA) is 54.0 Å². The second kappa shape index (κ2) is 11.2. The van der Waals surface area contributed by atoms with Crippen molar-refractivity contribution >= 4 is 42.1 Å². The molecule has 22 heavy (non-hydrogen) atoms. The molecule has 0 bridgehead atoms. The molecule has 0 radical (unpaired) electrons. The van der Waals surface area contributed by atoms with Gasteiger partial charge in [-0.15, -0.1) is 36.2 Å². The van der Waals surface area contributed by atoms with Gasteiger partial charge in [-0.1, -0.05) is 13.8 Å². The number of hydrogen-bond acceptors (Lipinski definition) is 4. The second-order valence-electron chi connectivity index (χ2n) is 5.98.